The molecule has 0 fully saturated rings. The van der Waals surface area contributed by atoms with Crippen LogP contribution in [0.3, 0.4) is 0 Å². The summed E-state index contributed by atoms with van der Waals surface area (Å²) < 4.78 is 18.4. The molecule has 0 aromatic heterocycles. The zero-order chi connectivity index (χ0) is 15.2. The van der Waals surface area contributed by atoms with Gasteiger partial charge in [0.05, 0.1) is 6.61 Å². The Labute approximate surface area is 126 Å². The number of thioether (sulfide) groups is 1. The Bertz CT molecular complexity index is 626. The molecule has 0 spiro atoms. The zero-order valence-corrected chi connectivity index (χ0v) is 12.3. The van der Waals surface area contributed by atoms with E-state index in [-0.39, 0.29) is 11.4 Å². The Kier molecular flexibility index (Phi) is 5.22. The fraction of sp³-hybridized carbons (Fsp3) is 0.188. The van der Waals surface area contributed by atoms with Crippen LogP contribution in [0.2, 0.25) is 0 Å². The summed E-state index contributed by atoms with van der Waals surface area (Å²) in [5.74, 6) is -0.204. The highest BCUT2D eigenvalue weighted by atomic mass is 32.2. The van der Waals surface area contributed by atoms with Crippen molar-refractivity contribution in [3.05, 3.63) is 59.4 Å². The molecule has 5 heteroatoms. The summed E-state index contributed by atoms with van der Waals surface area (Å²) in [6.07, 6.45) is 0. The fourth-order valence-electron chi connectivity index (χ4n) is 1.85. The van der Waals surface area contributed by atoms with Gasteiger partial charge in [-0.25, -0.2) is 9.18 Å². The van der Waals surface area contributed by atoms with Crippen molar-refractivity contribution in [3.8, 4) is 5.75 Å². The van der Waals surface area contributed by atoms with Gasteiger partial charge in [0.15, 0.2) is 0 Å². The van der Waals surface area contributed by atoms with Gasteiger partial charge in [-0.15, -0.1) is 11.8 Å². The minimum atomic E-state index is -1.00. The summed E-state index contributed by atoms with van der Waals surface area (Å²) in [7, 11) is 0. The molecule has 0 unspecified atom stereocenters. The molecule has 0 radical (unpaired) electrons. The lowest BCUT2D eigenvalue weighted by molar-refractivity contribution is 0.0692. The summed E-state index contributed by atoms with van der Waals surface area (Å²) in [6.45, 7) is 2.20. The number of carboxylic acid groups (broad SMARTS) is 1. The van der Waals surface area contributed by atoms with Crippen molar-refractivity contribution in [1.29, 1.82) is 0 Å². The first kappa shape index (κ1) is 15.4. The average molecular weight is 306 g/mol. The van der Waals surface area contributed by atoms with Crippen LogP contribution >= 0.6 is 11.8 Å². The molecule has 2 rings (SSSR count). The first-order valence-corrected chi connectivity index (χ1v) is 7.40. The Morgan fingerprint density at radius 2 is 1.95 bits per heavy atom. The second kappa shape index (κ2) is 7.13. The highest BCUT2D eigenvalue weighted by molar-refractivity contribution is 7.99. The van der Waals surface area contributed by atoms with Crippen LogP contribution < -0.4 is 4.74 Å². The van der Waals surface area contributed by atoms with E-state index in [0.717, 1.165) is 10.5 Å². The number of hydrogen-bond donors (Lipinski definition) is 1. The van der Waals surface area contributed by atoms with Crippen LogP contribution in [0.5, 0.6) is 5.75 Å². The normalized spacial score (nSPS) is 10.4. The number of para-hydroxylation sites is 1. The standard InChI is InChI=1S/C16H15FO3S/c1-11-3-2-4-14(16(18)19)15(11)20-9-10-21-13-7-5-12(17)6-8-13/h2-8H,9-10H2,1H3,(H,18,19). The van der Waals surface area contributed by atoms with E-state index in [4.69, 9.17) is 9.84 Å². The van der Waals surface area contributed by atoms with Crippen molar-refractivity contribution in [2.45, 2.75) is 11.8 Å². The Morgan fingerprint density at radius 3 is 2.62 bits per heavy atom. The SMILES string of the molecule is Cc1cccc(C(=O)O)c1OCCSc1ccc(F)cc1. The molecule has 0 atom stereocenters. The van der Waals surface area contributed by atoms with E-state index in [1.54, 1.807) is 18.2 Å². The molecule has 0 saturated carbocycles. The molecule has 0 aliphatic carbocycles. The number of carbonyl (C=O) groups is 1. The second-order valence-electron chi connectivity index (χ2n) is 4.41. The Hall–Kier alpha value is -2.01. The second-order valence-corrected chi connectivity index (χ2v) is 5.58. The molecule has 21 heavy (non-hydrogen) atoms. The number of rotatable bonds is 6. The highest BCUT2D eigenvalue weighted by Crippen LogP contribution is 2.24. The molecule has 0 saturated heterocycles. The Balaban J connectivity index is 1.92. The molecule has 3 nitrogen and oxygen atoms in total. The first-order chi connectivity index (χ1) is 10.1. The van der Waals surface area contributed by atoms with E-state index >= 15 is 0 Å². The van der Waals surface area contributed by atoms with Gasteiger partial charge in [0.2, 0.25) is 0 Å². The molecule has 0 bridgehead atoms. The highest BCUT2D eigenvalue weighted by Gasteiger charge is 2.13. The van der Waals surface area contributed by atoms with E-state index < -0.39 is 5.97 Å². The van der Waals surface area contributed by atoms with E-state index in [1.165, 1.54) is 30.0 Å². The molecule has 1 N–H and O–H groups in total. The third-order valence-electron chi connectivity index (χ3n) is 2.85. The van der Waals surface area contributed by atoms with E-state index in [2.05, 4.69) is 0 Å². The zero-order valence-electron chi connectivity index (χ0n) is 11.5. The Morgan fingerprint density at radius 1 is 1.24 bits per heavy atom. The molecule has 2 aromatic rings. The lowest BCUT2D eigenvalue weighted by Gasteiger charge is -2.11. The number of halogens is 1. The van der Waals surface area contributed by atoms with Crippen molar-refractivity contribution in [2.24, 2.45) is 0 Å². The van der Waals surface area contributed by atoms with Crippen LogP contribution in [0.4, 0.5) is 4.39 Å². The maximum absolute atomic E-state index is 12.8. The van der Waals surface area contributed by atoms with Crippen molar-refractivity contribution in [2.75, 3.05) is 12.4 Å². The lowest BCUT2D eigenvalue weighted by atomic mass is 10.1. The van der Waals surface area contributed by atoms with Crippen LogP contribution in [0, 0.1) is 12.7 Å². The minimum absolute atomic E-state index is 0.168. The van der Waals surface area contributed by atoms with Crippen LogP contribution in [0.25, 0.3) is 0 Å². The molecule has 0 aliphatic rings. The van der Waals surface area contributed by atoms with Gasteiger partial charge in [0, 0.05) is 10.6 Å². The molecular formula is C16H15FO3S. The number of aromatic carboxylic acids is 1. The van der Waals surface area contributed by atoms with Gasteiger partial charge in [0.25, 0.3) is 0 Å². The number of aryl methyl sites for hydroxylation is 1. The van der Waals surface area contributed by atoms with Crippen molar-refractivity contribution in [3.63, 3.8) is 0 Å². The molecule has 2 aromatic carbocycles. The number of benzene rings is 2. The largest absolute Gasteiger partial charge is 0.492 e. The van der Waals surface area contributed by atoms with Gasteiger partial charge >= 0.3 is 5.97 Å². The van der Waals surface area contributed by atoms with Gasteiger partial charge in [-0.05, 0) is 42.8 Å². The molecule has 0 amide bonds. The third kappa shape index (κ3) is 4.23. The smallest absolute Gasteiger partial charge is 0.339 e. The van der Waals surface area contributed by atoms with Crippen molar-refractivity contribution >= 4 is 17.7 Å². The van der Waals surface area contributed by atoms with Crippen LogP contribution in [-0.4, -0.2) is 23.4 Å². The quantitative estimate of drug-likeness (QED) is 0.647. The molecular weight excluding hydrogens is 291 g/mol. The first-order valence-electron chi connectivity index (χ1n) is 6.42. The number of hydrogen-bond acceptors (Lipinski definition) is 3. The van der Waals surface area contributed by atoms with E-state index in [0.29, 0.717) is 18.1 Å². The molecule has 110 valence electrons. The fourth-order valence-corrected chi connectivity index (χ4v) is 2.58. The number of ether oxygens (including phenoxy) is 1. The summed E-state index contributed by atoms with van der Waals surface area (Å²) in [6, 6.07) is 11.3. The third-order valence-corrected chi connectivity index (χ3v) is 3.83. The van der Waals surface area contributed by atoms with Crippen LogP contribution in [0.15, 0.2) is 47.4 Å². The van der Waals surface area contributed by atoms with Gasteiger partial charge in [0.1, 0.15) is 17.1 Å². The van der Waals surface area contributed by atoms with Gasteiger partial charge < -0.3 is 9.84 Å². The maximum Gasteiger partial charge on any atom is 0.339 e. The van der Waals surface area contributed by atoms with Crippen LogP contribution in [-0.2, 0) is 0 Å². The molecule has 0 heterocycles. The summed E-state index contributed by atoms with van der Waals surface area (Å²) in [5.41, 5.74) is 0.962. The average Bonchev–Trinajstić information content (AvgIpc) is 2.46. The number of carboxylic acids is 1. The van der Waals surface area contributed by atoms with Crippen molar-refractivity contribution in [1.82, 2.24) is 0 Å². The van der Waals surface area contributed by atoms with E-state index in [9.17, 15) is 9.18 Å². The van der Waals surface area contributed by atoms with Crippen molar-refractivity contribution < 1.29 is 19.0 Å². The van der Waals surface area contributed by atoms with Gasteiger partial charge in [-0.1, -0.05) is 12.1 Å². The predicted octanol–water partition coefficient (Wildman–Crippen LogP) is 4.00. The van der Waals surface area contributed by atoms with E-state index in [1.807, 2.05) is 13.0 Å². The van der Waals surface area contributed by atoms with Gasteiger partial charge in [-0.2, -0.15) is 0 Å². The lowest BCUT2D eigenvalue weighted by Crippen LogP contribution is -2.07. The van der Waals surface area contributed by atoms with Crippen LogP contribution in [0.1, 0.15) is 15.9 Å². The predicted molar refractivity (Wildman–Crippen MR) is 80.8 cm³/mol. The summed E-state index contributed by atoms with van der Waals surface area (Å²) in [4.78, 5) is 12.1. The topological polar surface area (TPSA) is 46.5 Å². The monoisotopic (exact) mass is 306 g/mol. The maximum atomic E-state index is 12.8. The molecule has 0 aliphatic heterocycles. The summed E-state index contributed by atoms with van der Waals surface area (Å²) in [5, 5.41) is 9.13. The minimum Gasteiger partial charge on any atom is -0.492 e. The van der Waals surface area contributed by atoms with Gasteiger partial charge in [-0.3, -0.25) is 0 Å². The summed E-state index contributed by atoms with van der Waals surface area (Å²) >= 11 is 1.53.